The van der Waals surface area contributed by atoms with Crippen molar-refractivity contribution < 1.29 is 9.53 Å². The van der Waals surface area contributed by atoms with Crippen molar-refractivity contribution in [3.63, 3.8) is 0 Å². The molecular formula is C20H20N4O2S. The lowest BCUT2D eigenvalue weighted by Gasteiger charge is -2.29. The van der Waals surface area contributed by atoms with Crippen LogP contribution in [0.1, 0.15) is 24.1 Å². The molecule has 0 saturated heterocycles. The van der Waals surface area contributed by atoms with E-state index in [1.807, 2.05) is 61.5 Å². The van der Waals surface area contributed by atoms with Crippen molar-refractivity contribution in [1.29, 1.82) is 0 Å². The molecule has 0 fully saturated rings. The molecule has 0 radical (unpaired) electrons. The summed E-state index contributed by atoms with van der Waals surface area (Å²) >= 11 is 5.24. The van der Waals surface area contributed by atoms with Crippen LogP contribution in [0.3, 0.4) is 0 Å². The second-order valence-electron chi connectivity index (χ2n) is 5.95. The molecule has 0 aromatic heterocycles. The van der Waals surface area contributed by atoms with Crippen LogP contribution in [0.15, 0.2) is 71.0 Å². The first-order valence-electron chi connectivity index (χ1n) is 8.39. The van der Waals surface area contributed by atoms with E-state index < -0.39 is 0 Å². The lowest BCUT2D eigenvalue weighted by atomic mass is 9.95. The highest BCUT2D eigenvalue weighted by Crippen LogP contribution is 2.26. The first kappa shape index (κ1) is 18.6. The van der Waals surface area contributed by atoms with E-state index in [4.69, 9.17) is 17.0 Å². The Morgan fingerprint density at radius 3 is 2.56 bits per heavy atom. The summed E-state index contributed by atoms with van der Waals surface area (Å²) in [4.78, 5) is 12.8. The van der Waals surface area contributed by atoms with Crippen molar-refractivity contribution in [3.05, 3.63) is 77.0 Å². The largest absolute Gasteiger partial charge is 0.497 e. The topological polar surface area (TPSA) is 74.8 Å². The first-order chi connectivity index (χ1) is 13.1. The Labute approximate surface area is 163 Å². The Bertz CT molecular complexity index is 892. The fourth-order valence-corrected chi connectivity index (χ4v) is 3.08. The SMILES string of the molecule is COc1ccc(/C=N/NC(=O)C2=C(C)NC(=S)NC2c2ccccc2)cc1. The number of allylic oxidation sites excluding steroid dienone is 1. The maximum absolute atomic E-state index is 12.8. The molecule has 1 unspecified atom stereocenters. The standard InChI is InChI=1S/C20H20N4O2S/c1-13-17(18(23-20(27)22-13)15-6-4-3-5-7-15)19(25)24-21-12-14-8-10-16(26-2)11-9-14/h3-12,18H,1-2H3,(H,24,25)(H2,22,23,27)/b21-12+. The minimum absolute atomic E-state index is 0.298. The van der Waals surface area contributed by atoms with E-state index in [9.17, 15) is 4.79 Å². The Balaban J connectivity index is 1.77. The number of amides is 1. The van der Waals surface area contributed by atoms with E-state index in [1.165, 1.54) is 0 Å². The predicted octanol–water partition coefficient (Wildman–Crippen LogP) is 2.64. The van der Waals surface area contributed by atoms with E-state index in [0.29, 0.717) is 16.4 Å². The third-order valence-corrected chi connectivity index (χ3v) is 4.36. The van der Waals surface area contributed by atoms with Crippen LogP contribution in [-0.4, -0.2) is 24.3 Å². The summed E-state index contributed by atoms with van der Waals surface area (Å²) in [6.45, 7) is 1.82. The van der Waals surface area contributed by atoms with E-state index in [0.717, 1.165) is 16.9 Å². The Kier molecular flexibility index (Phi) is 5.83. The number of hydrogen-bond acceptors (Lipinski definition) is 4. The molecule has 0 spiro atoms. The van der Waals surface area contributed by atoms with Crippen LogP contribution in [-0.2, 0) is 4.79 Å². The van der Waals surface area contributed by atoms with Gasteiger partial charge < -0.3 is 15.4 Å². The summed E-state index contributed by atoms with van der Waals surface area (Å²) in [5, 5.41) is 10.7. The number of nitrogens with one attached hydrogen (secondary N) is 3. The Hall–Kier alpha value is -3.19. The average molecular weight is 380 g/mol. The van der Waals surface area contributed by atoms with Crippen LogP contribution in [0, 0.1) is 0 Å². The van der Waals surface area contributed by atoms with E-state index in [-0.39, 0.29) is 11.9 Å². The van der Waals surface area contributed by atoms with Crippen LogP contribution in [0.2, 0.25) is 0 Å². The van der Waals surface area contributed by atoms with Gasteiger partial charge in [0.05, 0.1) is 24.9 Å². The van der Waals surface area contributed by atoms with Crippen LogP contribution in [0.4, 0.5) is 0 Å². The van der Waals surface area contributed by atoms with Gasteiger partial charge in [-0.05, 0) is 54.5 Å². The molecule has 1 aliphatic heterocycles. The van der Waals surface area contributed by atoms with Crippen molar-refractivity contribution in [3.8, 4) is 5.75 Å². The van der Waals surface area contributed by atoms with Crippen molar-refractivity contribution >= 4 is 29.5 Å². The summed E-state index contributed by atoms with van der Waals surface area (Å²) in [6, 6.07) is 16.7. The molecule has 2 aromatic rings. The summed E-state index contributed by atoms with van der Waals surface area (Å²) in [6.07, 6.45) is 1.58. The van der Waals surface area contributed by atoms with Crippen molar-refractivity contribution in [2.45, 2.75) is 13.0 Å². The molecule has 0 aliphatic carbocycles. The molecule has 1 amide bonds. The third-order valence-electron chi connectivity index (χ3n) is 4.14. The molecule has 3 N–H and O–H groups in total. The predicted molar refractivity (Wildman–Crippen MR) is 109 cm³/mol. The van der Waals surface area contributed by atoms with Gasteiger partial charge in [-0.25, -0.2) is 5.43 Å². The summed E-state index contributed by atoms with van der Waals surface area (Å²) < 4.78 is 5.12. The van der Waals surface area contributed by atoms with Crippen LogP contribution >= 0.6 is 12.2 Å². The zero-order chi connectivity index (χ0) is 19.2. The summed E-state index contributed by atoms with van der Waals surface area (Å²) in [5.41, 5.74) is 5.63. The van der Waals surface area contributed by atoms with Crippen LogP contribution in [0.5, 0.6) is 5.75 Å². The number of benzene rings is 2. The van der Waals surface area contributed by atoms with E-state index in [1.54, 1.807) is 13.3 Å². The monoisotopic (exact) mass is 380 g/mol. The smallest absolute Gasteiger partial charge is 0.271 e. The Morgan fingerprint density at radius 2 is 1.89 bits per heavy atom. The molecule has 2 aromatic carbocycles. The molecule has 3 rings (SSSR count). The van der Waals surface area contributed by atoms with Gasteiger partial charge in [0.1, 0.15) is 5.75 Å². The number of carbonyl (C=O) groups excluding carboxylic acids is 1. The molecular weight excluding hydrogens is 360 g/mol. The minimum atomic E-state index is -0.337. The van der Waals surface area contributed by atoms with Crippen molar-refractivity contribution in [2.75, 3.05) is 7.11 Å². The zero-order valence-corrected chi connectivity index (χ0v) is 15.8. The molecule has 1 aliphatic rings. The summed E-state index contributed by atoms with van der Waals surface area (Å²) in [7, 11) is 1.61. The molecule has 27 heavy (non-hydrogen) atoms. The maximum Gasteiger partial charge on any atom is 0.271 e. The van der Waals surface area contributed by atoms with Gasteiger partial charge in [0.2, 0.25) is 0 Å². The minimum Gasteiger partial charge on any atom is -0.497 e. The van der Waals surface area contributed by atoms with Gasteiger partial charge in [0.25, 0.3) is 5.91 Å². The molecule has 0 bridgehead atoms. The number of methoxy groups -OCH3 is 1. The highest BCUT2D eigenvalue weighted by Gasteiger charge is 2.29. The quantitative estimate of drug-likeness (QED) is 0.422. The first-order valence-corrected chi connectivity index (χ1v) is 8.80. The van der Waals surface area contributed by atoms with Crippen LogP contribution < -0.4 is 20.8 Å². The highest BCUT2D eigenvalue weighted by atomic mass is 32.1. The molecule has 138 valence electrons. The number of hydrogen-bond donors (Lipinski definition) is 3. The average Bonchev–Trinajstić information content (AvgIpc) is 2.68. The number of rotatable bonds is 5. The van der Waals surface area contributed by atoms with E-state index in [2.05, 4.69) is 21.2 Å². The molecule has 7 heteroatoms. The fraction of sp³-hybridized carbons (Fsp3) is 0.150. The van der Waals surface area contributed by atoms with Gasteiger partial charge in [-0.15, -0.1) is 0 Å². The third kappa shape index (κ3) is 4.51. The molecule has 0 saturated carbocycles. The van der Waals surface area contributed by atoms with Gasteiger partial charge in [0, 0.05) is 5.70 Å². The second-order valence-corrected chi connectivity index (χ2v) is 6.36. The maximum atomic E-state index is 12.8. The van der Waals surface area contributed by atoms with Crippen LogP contribution in [0.25, 0.3) is 0 Å². The van der Waals surface area contributed by atoms with Gasteiger partial charge in [-0.3, -0.25) is 4.79 Å². The van der Waals surface area contributed by atoms with Gasteiger partial charge in [0.15, 0.2) is 5.11 Å². The zero-order valence-electron chi connectivity index (χ0n) is 15.0. The van der Waals surface area contributed by atoms with E-state index >= 15 is 0 Å². The number of nitrogens with zero attached hydrogens (tertiary/aromatic N) is 1. The fourth-order valence-electron chi connectivity index (χ4n) is 2.81. The van der Waals surface area contributed by atoms with Crippen molar-refractivity contribution in [1.82, 2.24) is 16.1 Å². The number of ether oxygens (including phenoxy) is 1. The summed E-state index contributed by atoms with van der Waals surface area (Å²) in [5.74, 6) is 0.464. The van der Waals surface area contributed by atoms with Gasteiger partial charge in [-0.1, -0.05) is 30.3 Å². The second kappa shape index (κ2) is 8.46. The lowest BCUT2D eigenvalue weighted by Crippen LogP contribution is -2.46. The molecule has 6 nitrogen and oxygen atoms in total. The normalized spacial score (nSPS) is 16.7. The highest BCUT2D eigenvalue weighted by molar-refractivity contribution is 7.80. The van der Waals surface area contributed by atoms with Gasteiger partial charge in [-0.2, -0.15) is 5.10 Å². The molecule has 1 atom stereocenters. The van der Waals surface area contributed by atoms with Crippen molar-refractivity contribution in [2.24, 2.45) is 5.10 Å². The lowest BCUT2D eigenvalue weighted by molar-refractivity contribution is -0.117. The van der Waals surface area contributed by atoms with Gasteiger partial charge >= 0.3 is 0 Å². The number of hydrazone groups is 1. The number of carbonyl (C=O) groups is 1. The molecule has 1 heterocycles. The number of thiocarbonyl (C=S) groups is 1. The Morgan fingerprint density at radius 1 is 1.19 bits per heavy atom.